The lowest BCUT2D eigenvalue weighted by atomic mass is 10.1. The lowest BCUT2D eigenvalue weighted by molar-refractivity contribution is -0.141. The molecule has 1 atom stereocenters. The molecule has 11 heteroatoms. The molecule has 0 saturated carbocycles. The van der Waals surface area contributed by atoms with E-state index in [1.165, 1.54) is 17.8 Å². The van der Waals surface area contributed by atoms with E-state index in [1.807, 2.05) is 0 Å². The molecule has 0 radical (unpaired) electrons. The Labute approximate surface area is 198 Å². The molecule has 186 valence electrons. The van der Waals surface area contributed by atoms with Crippen molar-refractivity contribution in [2.75, 3.05) is 78.9 Å². The summed E-state index contributed by atoms with van der Waals surface area (Å²) in [6.45, 7) is 6.32. The van der Waals surface area contributed by atoms with Gasteiger partial charge in [0.25, 0.3) is 0 Å². The summed E-state index contributed by atoms with van der Waals surface area (Å²) in [6.07, 6.45) is 0. The minimum Gasteiger partial charge on any atom is -0.507 e. The average molecular weight is 488 g/mol. The van der Waals surface area contributed by atoms with Gasteiger partial charge in [0.05, 0.1) is 59.5 Å². The van der Waals surface area contributed by atoms with E-state index in [1.54, 1.807) is 26.2 Å². The third kappa shape index (κ3) is 9.86. The van der Waals surface area contributed by atoms with Gasteiger partial charge in [-0.3, -0.25) is 4.99 Å². The van der Waals surface area contributed by atoms with Crippen LogP contribution in [0.15, 0.2) is 23.2 Å². The standard InChI is InChI=1S/C22H33NO9S/c1-22(21(25)26)16-33-20(23-22)18-4-3-17(15-19(18)24)32-14-13-31-12-11-30-10-9-29-8-7-28-6-5-27-2/h3-4,15,24H,5-14,16H2,1-2H3,(H,25,26)/t22-/m1/s1. The van der Waals surface area contributed by atoms with Gasteiger partial charge in [0.15, 0.2) is 5.54 Å². The maximum Gasteiger partial charge on any atom is 0.332 e. The average Bonchev–Trinajstić information content (AvgIpc) is 3.20. The van der Waals surface area contributed by atoms with Crippen LogP contribution in [-0.2, 0) is 28.5 Å². The number of hydrogen-bond acceptors (Lipinski definition) is 10. The summed E-state index contributed by atoms with van der Waals surface area (Å²) in [4.78, 5) is 15.6. The minimum absolute atomic E-state index is 0.00790. The predicted octanol–water partition coefficient (Wildman–Crippen LogP) is 1.82. The monoisotopic (exact) mass is 487 g/mol. The van der Waals surface area contributed by atoms with Crippen LogP contribution in [0.3, 0.4) is 0 Å². The molecule has 1 aliphatic rings. The van der Waals surface area contributed by atoms with Crippen molar-refractivity contribution in [2.45, 2.75) is 12.5 Å². The first kappa shape index (κ1) is 27.4. The number of phenolic OH excluding ortho intramolecular Hbond substituents is 1. The fourth-order valence-electron chi connectivity index (χ4n) is 2.65. The molecule has 1 heterocycles. The first-order chi connectivity index (χ1) is 16.0. The number of aromatic hydroxyl groups is 1. The number of rotatable bonds is 18. The number of carboxylic acid groups (broad SMARTS) is 1. The van der Waals surface area contributed by atoms with Crippen molar-refractivity contribution in [2.24, 2.45) is 4.99 Å². The smallest absolute Gasteiger partial charge is 0.332 e. The molecule has 0 amide bonds. The molecule has 33 heavy (non-hydrogen) atoms. The van der Waals surface area contributed by atoms with Gasteiger partial charge in [0, 0.05) is 24.5 Å². The molecular weight excluding hydrogens is 454 g/mol. The van der Waals surface area contributed by atoms with Gasteiger partial charge in [-0.1, -0.05) is 0 Å². The van der Waals surface area contributed by atoms with Crippen LogP contribution in [0.25, 0.3) is 0 Å². The summed E-state index contributed by atoms with van der Waals surface area (Å²) in [7, 11) is 1.63. The Balaban J connectivity index is 1.52. The molecular formula is C22H33NO9S. The number of carboxylic acids is 1. The zero-order valence-electron chi connectivity index (χ0n) is 19.1. The van der Waals surface area contributed by atoms with Crippen molar-refractivity contribution in [3.8, 4) is 11.5 Å². The van der Waals surface area contributed by atoms with Crippen LogP contribution < -0.4 is 4.74 Å². The third-order valence-corrected chi connectivity index (χ3v) is 5.83. The summed E-state index contributed by atoms with van der Waals surface area (Å²) >= 11 is 1.31. The predicted molar refractivity (Wildman–Crippen MR) is 124 cm³/mol. The molecule has 0 unspecified atom stereocenters. The number of methoxy groups -OCH3 is 1. The topological polar surface area (TPSA) is 125 Å². The Hall–Kier alpha value is -1.89. The molecule has 0 fully saturated rings. The summed E-state index contributed by atoms with van der Waals surface area (Å²) in [6, 6.07) is 4.87. The fraction of sp³-hybridized carbons (Fsp3) is 0.636. The molecule has 0 bridgehead atoms. The molecule has 1 aromatic rings. The number of hydrogen-bond donors (Lipinski definition) is 2. The number of aliphatic imine (C=N–C) groups is 1. The van der Waals surface area contributed by atoms with E-state index in [4.69, 9.17) is 28.4 Å². The fourth-order valence-corrected chi connectivity index (χ4v) is 3.85. The van der Waals surface area contributed by atoms with Gasteiger partial charge in [-0.25, -0.2) is 4.79 Å². The van der Waals surface area contributed by atoms with Crippen LogP contribution in [0.4, 0.5) is 0 Å². The lowest BCUT2D eigenvalue weighted by Crippen LogP contribution is -2.33. The van der Waals surface area contributed by atoms with Crippen LogP contribution in [0, 0.1) is 0 Å². The quantitative estimate of drug-likeness (QED) is 0.296. The molecule has 2 N–H and O–H groups in total. The summed E-state index contributed by atoms with van der Waals surface area (Å²) < 4.78 is 32.0. The first-order valence-corrected chi connectivity index (χ1v) is 11.7. The van der Waals surface area contributed by atoms with Crippen molar-refractivity contribution in [3.05, 3.63) is 23.8 Å². The maximum absolute atomic E-state index is 11.3. The number of carbonyl (C=O) groups is 1. The number of ether oxygens (including phenoxy) is 6. The van der Waals surface area contributed by atoms with E-state index in [0.717, 1.165) is 0 Å². The molecule has 10 nitrogen and oxygen atoms in total. The van der Waals surface area contributed by atoms with Crippen molar-refractivity contribution >= 4 is 22.8 Å². The van der Waals surface area contributed by atoms with Gasteiger partial charge in [0.1, 0.15) is 23.1 Å². The van der Waals surface area contributed by atoms with E-state index >= 15 is 0 Å². The van der Waals surface area contributed by atoms with Gasteiger partial charge in [-0.05, 0) is 19.1 Å². The largest absolute Gasteiger partial charge is 0.507 e. The van der Waals surface area contributed by atoms with Crippen molar-refractivity contribution in [3.63, 3.8) is 0 Å². The highest BCUT2D eigenvalue weighted by molar-refractivity contribution is 8.14. The van der Waals surface area contributed by atoms with Crippen LogP contribution >= 0.6 is 11.8 Å². The first-order valence-electron chi connectivity index (χ1n) is 10.7. The number of aliphatic carboxylic acids is 1. The summed E-state index contributed by atoms with van der Waals surface area (Å²) in [5.41, 5.74) is -0.678. The number of phenols is 1. The Morgan fingerprint density at radius 3 is 2.00 bits per heavy atom. The van der Waals surface area contributed by atoms with E-state index in [-0.39, 0.29) is 5.75 Å². The van der Waals surface area contributed by atoms with E-state index in [0.29, 0.717) is 88.2 Å². The van der Waals surface area contributed by atoms with Crippen molar-refractivity contribution in [1.82, 2.24) is 0 Å². The minimum atomic E-state index is -1.17. The highest BCUT2D eigenvalue weighted by atomic mass is 32.2. The highest BCUT2D eigenvalue weighted by Crippen LogP contribution is 2.35. The number of nitrogens with zero attached hydrogens (tertiary/aromatic N) is 1. The van der Waals surface area contributed by atoms with E-state index < -0.39 is 11.5 Å². The molecule has 1 aromatic carbocycles. The Morgan fingerprint density at radius 2 is 1.52 bits per heavy atom. The van der Waals surface area contributed by atoms with Crippen LogP contribution in [0.2, 0.25) is 0 Å². The van der Waals surface area contributed by atoms with Gasteiger partial charge >= 0.3 is 5.97 Å². The van der Waals surface area contributed by atoms with Gasteiger partial charge in [-0.15, -0.1) is 11.8 Å². The second kappa shape index (κ2) is 15.1. The van der Waals surface area contributed by atoms with E-state index in [2.05, 4.69) is 4.99 Å². The Kier molecular flexibility index (Phi) is 12.5. The normalized spacial score (nSPS) is 17.8. The maximum atomic E-state index is 11.3. The zero-order chi connectivity index (χ0) is 23.9. The molecule has 0 saturated heterocycles. The molecule has 0 aliphatic carbocycles. The number of thioether (sulfide) groups is 1. The lowest BCUT2D eigenvalue weighted by Gasteiger charge is -2.12. The highest BCUT2D eigenvalue weighted by Gasteiger charge is 2.39. The second-order valence-corrected chi connectivity index (χ2v) is 8.22. The Morgan fingerprint density at radius 1 is 0.970 bits per heavy atom. The van der Waals surface area contributed by atoms with Crippen LogP contribution in [-0.4, -0.2) is 106 Å². The molecule has 2 rings (SSSR count). The Bertz CT molecular complexity index is 761. The second-order valence-electron chi connectivity index (χ2n) is 7.25. The summed E-state index contributed by atoms with van der Waals surface area (Å²) in [5, 5.41) is 20.1. The van der Waals surface area contributed by atoms with Gasteiger partial charge in [-0.2, -0.15) is 0 Å². The number of benzene rings is 1. The molecule has 1 aliphatic heterocycles. The molecule has 0 spiro atoms. The SMILES string of the molecule is COCCOCCOCCOCCOCCOc1ccc(C2=N[C@@](C)(C(=O)O)CS2)c(O)c1. The third-order valence-electron chi connectivity index (χ3n) is 4.54. The van der Waals surface area contributed by atoms with Gasteiger partial charge < -0.3 is 38.6 Å². The van der Waals surface area contributed by atoms with Crippen molar-refractivity contribution < 1.29 is 43.4 Å². The summed E-state index contributed by atoms with van der Waals surface area (Å²) in [5.74, 6) is -0.175. The van der Waals surface area contributed by atoms with Gasteiger partial charge in [0.2, 0.25) is 0 Å². The zero-order valence-corrected chi connectivity index (χ0v) is 19.9. The van der Waals surface area contributed by atoms with Crippen LogP contribution in [0.5, 0.6) is 11.5 Å². The van der Waals surface area contributed by atoms with Crippen LogP contribution in [0.1, 0.15) is 12.5 Å². The van der Waals surface area contributed by atoms with E-state index in [9.17, 15) is 15.0 Å². The van der Waals surface area contributed by atoms with Crippen molar-refractivity contribution in [1.29, 1.82) is 0 Å². The molecule has 0 aromatic heterocycles.